The minimum Gasteiger partial charge on any atom is -0.449 e. The molecule has 23 heavy (non-hydrogen) atoms. The first-order valence-electron chi connectivity index (χ1n) is 7.95. The molecule has 0 aliphatic carbocycles. The molecule has 1 aromatic carbocycles. The van der Waals surface area contributed by atoms with Gasteiger partial charge in [0.2, 0.25) is 0 Å². The third kappa shape index (κ3) is 6.56. The Morgan fingerprint density at radius 2 is 1.96 bits per heavy atom. The van der Waals surface area contributed by atoms with E-state index in [2.05, 4.69) is 0 Å². The van der Waals surface area contributed by atoms with Crippen LogP contribution in [0.4, 0.5) is 4.79 Å². The van der Waals surface area contributed by atoms with Crippen LogP contribution in [-0.2, 0) is 11.2 Å². The summed E-state index contributed by atoms with van der Waals surface area (Å²) >= 11 is 0. The molecule has 0 radical (unpaired) electrons. The van der Waals surface area contributed by atoms with E-state index in [0.29, 0.717) is 6.42 Å². The first-order chi connectivity index (χ1) is 11.0. The number of benzene rings is 1. The number of hydrogen-bond donors (Lipinski definition) is 3. The fraction of sp³-hybridized carbons (Fsp3) is 0.588. The Bertz CT molecular complexity index is 453. The van der Waals surface area contributed by atoms with Crippen LogP contribution in [0, 0.1) is 5.92 Å². The average molecular weight is 324 g/mol. The number of ether oxygens (including phenoxy) is 1. The lowest BCUT2D eigenvalue weighted by Crippen LogP contribution is -2.52. The number of aliphatic hydroxyl groups excluding tert-OH is 2. The summed E-state index contributed by atoms with van der Waals surface area (Å²) in [4.78, 5) is 13.7. The van der Waals surface area contributed by atoms with Gasteiger partial charge in [-0.15, -0.1) is 0 Å². The molecule has 0 saturated carbocycles. The summed E-state index contributed by atoms with van der Waals surface area (Å²) in [5, 5.41) is 19.5. The second-order valence-corrected chi connectivity index (χ2v) is 5.95. The maximum Gasteiger partial charge on any atom is 0.410 e. The maximum absolute atomic E-state index is 12.3. The monoisotopic (exact) mass is 324 g/mol. The summed E-state index contributed by atoms with van der Waals surface area (Å²) in [5.74, 6) is 0.210. The molecular weight excluding hydrogens is 296 g/mol. The molecule has 0 aromatic heterocycles. The van der Waals surface area contributed by atoms with Crippen molar-refractivity contribution in [3.8, 4) is 0 Å². The van der Waals surface area contributed by atoms with Crippen molar-refractivity contribution in [2.45, 2.75) is 32.4 Å². The van der Waals surface area contributed by atoms with E-state index in [0.717, 1.165) is 5.56 Å². The van der Waals surface area contributed by atoms with Gasteiger partial charge in [-0.3, -0.25) is 4.90 Å². The van der Waals surface area contributed by atoms with E-state index in [9.17, 15) is 15.0 Å². The summed E-state index contributed by atoms with van der Waals surface area (Å²) < 4.78 is 5.26. The Morgan fingerprint density at radius 1 is 1.30 bits per heavy atom. The molecule has 1 aromatic rings. The van der Waals surface area contributed by atoms with E-state index in [1.165, 1.54) is 4.90 Å². The molecule has 130 valence electrons. The molecule has 4 N–H and O–H groups in total. The summed E-state index contributed by atoms with van der Waals surface area (Å²) in [7, 11) is 0. The Balaban J connectivity index is 2.91. The lowest BCUT2D eigenvalue weighted by molar-refractivity contribution is 0.0261. The molecule has 0 fully saturated rings. The van der Waals surface area contributed by atoms with Gasteiger partial charge < -0.3 is 20.7 Å². The minimum atomic E-state index is -0.895. The van der Waals surface area contributed by atoms with Crippen molar-refractivity contribution in [1.82, 2.24) is 4.90 Å². The number of nitrogens with two attached hydrogens (primary N) is 1. The maximum atomic E-state index is 12.3. The van der Waals surface area contributed by atoms with Crippen LogP contribution in [0.3, 0.4) is 0 Å². The third-order valence-electron chi connectivity index (χ3n) is 3.49. The zero-order valence-corrected chi connectivity index (χ0v) is 13.9. The Morgan fingerprint density at radius 3 is 2.48 bits per heavy atom. The predicted octanol–water partition coefficient (Wildman–Crippen LogP) is 1.00. The Kier molecular flexibility index (Phi) is 8.61. The Labute approximate surface area is 137 Å². The molecule has 6 heteroatoms. The van der Waals surface area contributed by atoms with Crippen LogP contribution in [0.5, 0.6) is 0 Å². The van der Waals surface area contributed by atoms with Crippen LogP contribution in [0.2, 0.25) is 0 Å². The van der Waals surface area contributed by atoms with Gasteiger partial charge in [-0.25, -0.2) is 4.79 Å². The fourth-order valence-corrected chi connectivity index (χ4v) is 2.29. The van der Waals surface area contributed by atoms with Crippen LogP contribution in [0.25, 0.3) is 0 Å². The quantitative estimate of drug-likeness (QED) is 0.630. The van der Waals surface area contributed by atoms with Crippen molar-refractivity contribution in [2.24, 2.45) is 11.7 Å². The van der Waals surface area contributed by atoms with E-state index in [-0.39, 0.29) is 32.2 Å². The fourth-order valence-electron chi connectivity index (χ4n) is 2.29. The van der Waals surface area contributed by atoms with Crippen LogP contribution in [0.1, 0.15) is 19.4 Å². The van der Waals surface area contributed by atoms with Gasteiger partial charge in [-0.1, -0.05) is 44.2 Å². The molecule has 2 atom stereocenters. The summed E-state index contributed by atoms with van der Waals surface area (Å²) in [5.41, 5.74) is 6.57. The van der Waals surface area contributed by atoms with Crippen LogP contribution in [-0.4, -0.2) is 59.7 Å². The molecule has 2 unspecified atom stereocenters. The third-order valence-corrected chi connectivity index (χ3v) is 3.49. The van der Waals surface area contributed by atoms with Gasteiger partial charge in [-0.2, -0.15) is 0 Å². The summed E-state index contributed by atoms with van der Waals surface area (Å²) in [6, 6.07) is 9.00. The number of nitrogens with zero attached hydrogens (tertiary/aromatic N) is 1. The molecule has 0 bridgehead atoms. The van der Waals surface area contributed by atoms with Gasteiger partial charge in [0.25, 0.3) is 0 Å². The zero-order chi connectivity index (χ0) is 17.2. The largest absolute Gasteiger partial charge is 0.449 e. The Hall–Kier alpha value is -1.63. The minimum absolute atomic E-state index is 0.0247. The van der Waals surface area contributed by atoms with Gasteiger partial charge >= 0.3 is 6.09 Å². The molecule has 0 aliphatic heterocycles. The molecular formula is C17H28N2O4. The van der Waals surface area contributed by atoms with Gasteiger partial charge in [0, 0.05) is 13.1 Å². The van der Waals surface area contributed by atoms with Crippen LogP contribution >= 0.6 is 0 Å². The standard InChI is InChI=1S/C17H28N2O4/c1-13(2)12-23-17(22)19(8-9-20)15(16(21)11-18)10-14-6-4-3-5-7-14/h3-7,13,15-16,20-21H,8-12,18H2,1-2H3. The lowest BCUT2D eigenvalue weighted by Gasteiger charge is -2.33. The molecule has 0 spiro atoms. The van der Waals surface area contributed by atoms with Crippen LogP contribution < -0.4 is 5.73 Å². The number of carbonyl (C=O) groups is 1. The number of rotatable bonds is 9. The molecule has 1 amide bonds. The molecule has 6 nitrogen and oxygen atoms in total. The second-order valence-electron chi connectivity index (χ2n) is 5.95. The van der Waals surface area contributed by atoms with E-state index in [1.807, 2.05) is 44.2 Å². The number of hydrogen-bond acceptors (Lipinski definition) is 5. The van der Waals surface area contributed by atoms with Gasteiger partial charge in [0.05, 0.1) is 25.4 Å². The van der Waals surface area contributed by atoms with Crippen molar-refractivity contribution < 1.29 is 19.7 Å². The smallest absolute Gasteiger partial charge is 0.410 e. The SMILES string of the molecule is CC(C)COC(=O)N(CCO)C(Cc1ccccc1)C(O)CN. The number of aliphatic hydroxyl groups is 2. The highest BCUT2D eigenvalue weighted by Gasteiger charge is 2.30. The zero-order valence-electron chi connectivity index (χ0n) is 13.9. The number of carbonyl (C=O) groups excluding carboxylic acids is 1. The van der Waals surface area contributed by atoms with Crippen molar-refractivity contribution in [1.29, 1.82) is 0 Å². The van der Waals surface area contributed by atoms with Gasteiger partial charge in [-0.05, 0) is 17.9 Å². The second kappa shape index (κ2) is 10.2. The molecule has 0 heterocycles. The average Bonchev–Trinajstić information content (AvgIpc) is 2.56. The van der Waals surface area contributed by atoms with E-state index in [1.54, 1.807) is 0 Å². The topological polar surface area (TPSA) is 96.0 Å². The van der Waals surface area contributed by atoms with E-state index < -0.39 is 18.2 Å². The predicted molar refractivity (Wildman–Crippen MR) is 89.0 cm³/mol. The van der Waals surface area contributed by atoms with Gasteiger partial charge in [0.15, 0.2) is 0 Å². The highest BCUT2D eigenvalue weighted by molar-refractivity contribution is 5.68. The first-order valence-corrected chi connectivity index (χ1v) is 7.95. The first kappa shape index (κ1) is 19.4. The summed E-state index contributed by atoms with van der Waals surface area (Å²) in [6.07, 6.45) is -0.995. The summed E-state index contributed by atoms with van der Waals surface area (Å²) in [6.45, 7) is 4.08. The number of amides is 1. The van der Waals surface area contributed by atoms with Gasteiger partial charge in [0.1, 0.15) is 0 Å². The van der Waals surface area contributed by atoms with Crippen molar-refractivity contribution >= 4 is 6.09 Å². The van der Waals surface area contributed by atoms with Crippen molar-refractivity contribution in [3.63, 3.8) is 0 Å². The normalized spacial score (nSPS) is 13.7. The molecule has 0 aliphatic rings. The molecule has 1 rings (SSSR count). The van der Waals surface area contributed by atoms with Crippen molar-refractivity contribution in [3.05, 3.63) is 35.9 Å². The van der Waals surface area contributed by atoms with Crippen molar-refractivity contribution in [2.75, 3.05) is 26.3 Å². The van der Waals surface area contributed by atoms with E-state index in [4.69, 9.17) is 10.5 Å². The highest BCUT2D eigenvalue weighted by Crippen LogP contribution is 2.14. The molecule has 0 saturated heterocycles. The highest BCUT2D eigenvalue weighted by atomic mass is 16.6. The van der Waals surface area contributed by atoms with E-state index >= 15 is 0 Å². The lowest BCUT2D eigenvalue weighted by atomic mass is 10.00. The van der Waals surface area contributed by atoms with Crippen LogP contribution in [0.15, 0.2) is 30.3 Å².